The van der Waals surface area contributed by atoms with E-state index in [4.69, 9.17) is 0 Å². The van der Waals surface area contributed by atoms with E-state index < -0.39 is 10.0 Å². The molecule has 0 aliphatic carbocycles. The Kier molecular flexibility index (Phi) is 3.86. The van der Waals surface area contributed by atoms with Crippen LogP contribution in [0.25, 0.3) is 0 Å². The normalized spacial score (nSPS) is 11.6. The zero-order chi connectivity index (χ0) is 14.2. The van der Waals surface area contributed by atoms with Gasteiger partial charge in [0.25, 0.3) is 10.0 Å². The second-order valence-corrected chi connectivity index (χ2v) is 6.97. The Morgan fingerprint density at radius 1 is 1.26 bits per heavy atom. The predicted octanol–water partition coefficient (Wildman–Crippen LogP) is 2.44. The van der Waals surface area contributed by atoms with Gasteiger partial charge in [-0.05, 0) is 47.6 Å². The van der Waals surface area contributed by atoms with Crippen LogP contribution in [0.5, 0.6) is 0 Å². The lowest BCUT2D eigenvalue weighted by Gasteiger charge is -2.12. The van der Waals surface area contributed by atoms with E-state index in [2.05, 4.69) is 9.82 Å². The number of para-hydroxylation sites is 1. The van der Waals surface area contributed by atoms with Gasteiger partial charge in [-0.2, -0.15) is 5.10 Å². The molecule has 0 radical (unpaired) electrons. The Morgan fingerprint density at radius 2 is 1.84 bits per heavy atom. The summed E-state index contributed by atoms with van der Waals surface area (Å²) in [6, 6.07) is 5.65. The van der Waals surface area contributed by atoms with Crippen molar-refractivity contribution in [2.45, 2.75) is 18.7 Å². The fourth-order valence-electron chi connectivity index (χ4n) is 1.75. The molecule has 1 aromatic heterocycles. The van der Waals surface area contributed by atoms with Gasteiger partial charge in [0.2, 0.25) is 0 Å². The summed E-state index contributed by atoms with van der Waals surface area (Å²) in [7, 11) is -1.90. The van der Waals surface area contributed by atoms with E-state index in [1.165, 1.54) is 10.9 Å². The maximum atomic E-state index is 12.4. The highest BCUT2D eigenvalue weighted by Gasteiger charge is 2.22. The van der Waals surface area contributed by atoms with Gasteiger partial charge in [-0.25, -0.2) is 8.42 Å². The van der Waals surface area contributed by atoms with Gasteiger partial charge in [0.05, 0.1) is 11.9 Å². The summed E-state index contributed by atoms with van der Waals surface area (Å²) in [6.07, 6.45) is 1.36. The third-order valence-corrected chi connectivity index (χ3v) is 5.84. The number of anilines is 1. The zero-order valence-electron chi connectivity index (χ0n) is 10.8. The largest absolute Gasteiger partial charge is 0.279 e. The van der Waals surface area contributed by atoms with Crippen LogP contribution >= 0.6 is 22.6 Å². The molecule has 7 heteroatoms. The molecule has 2 rings (SSSR count). The Balaban J connectivity index is 2.46. The number of hydrogen-bond donors (Lipinski definition) is 1. The molecule has 1 heterocycles. The Bertz CT molecular complexity index is 702. The summed E-state index contributed by atoms with van der Waals surface area (Å²) in [5.41, 5.74) is 2.41. The molecule has 5 nitrogen and oxygen atoms in total. The van der Waals surface area contributed by atoms with Crippen molar-refractivity contribution in [2.75, 3.05) is 4.72 Å². The van der Waals surface area contributed by atoms with Gasteiger partial charge in [0.15, 0.2) is 0 Å². The second-order valence-electron chi connectivity index (χ2n) is 4.30. The van der Waals surface area contributed by atoms with Crippen LogP contribution in [0.3, 0.4) is 0 Å². The molecule has 0 aliphatic heterocycles. The molecule has 1 N–H and O–H groups in total. The fraction of sp³-hybridized carbons (Fsp3) is 0.250. The molecule has 2 aromatic rings. The molecule has 0 bridgehead atoms. The smallest absolute Gasteiger partial charge is 0.266 e. The highest BCUT2D eigenvalue weighted by molar-refractivity contribution is 14.1. The summed E-state index contributed by atoms with van der Waals surface area (Å²) in [6.45, 7) is 3.75. The average Bonchev–Trinajstić information content (AvgIpc) is 2.66. The fourth-order valence-corrected chi connectivity index (χ4v) is 4.12. The van der Waals surface area contributed by atoms with Crippen molar-refractivity contribution in [3.05, 3.63) is 39.2 Å². The first-order valence-electron chi connectivity index (χ1n) is 5.59. The van der Waals surface area contributed by atoms with Gasteiger partial charge in [-0.3, -0.25) is 9.40 Å². The summed E-state index contributed by atoms with van der Waals surface area (Å²) >= 11 is 1.97. The molecule has 0 fully saturated rings. The predicted molar refractivity (Wildman–Crippen MR) is 82.6 cm³/mol. The number of aryl methyl sites for hydroxylation is 3. The molecular formula is C12H14IN3O2S. The van der Waals surface area contributed by atoms with Gasteiger partial charge in [0.1, 0.15) is 8.60 Å². The van der Waals surface area contributed by atoms with Crippen molar-refractivity contribution in [3.63, 3.8) is 0 Å². The molecule has 0 aliphatic rings. The molecule has 0 saturated carbocycles. The van der Waals surface area contributed by atoms with Gasteiger partial charge >= 0.3 is 0 Å². The van der Waals surface area contributed by atoms with Crippen molar-refractivity contribution in [3.8, 4) is 0 Å². The summed E-state index contributed by atoms with van der Waals surface area (Å²) in [4.78, 5) is 0.193. The van der Waals surface area contributed by atoms with Crippen molar-refractivity contribution >= 4 is 38.3 Å². The first-order valence-corrected chi connectivity index (χ1v) is 8.15. The van der Waals surface area contributed by atoms with E-state index in [0.717, 1.165) is 11.1 Å². The van der Waals surface area contributed by atoms with Crippen molar-refractivity contribution in [2.24, 2.45) is 7.05 Å². The highest BCUT2D eigenvalue weighted by Crippen LogP contribution is 2.25. The summed E-state index contributed by atoms with van der Waals surface area (Å²) in [5.74, 6) is 0. The van der Waals surface area contributed by atoms with Gasteiger partial charge in [-0.15, -0.1) is 0 Å². The Labute approximate surface area is 126 Å². The molecule has 0 unspecified atom stereocenters. The maximum Gasteiger partial charge on any atom is 0.266 e. The first-order chi connectivity index (χ1) is 8.83. The second kappa shape index (κ2) is 5.12. The molecule has 0 atom stereocenters. The molecule has 0 saturated heterocycles. The lowest BCUT2D eigenvalue weighted by molar-refractivity contribution is 0.600. The summed E-state index contributed by atoms with van der Waals surface area (Å²) in [5, 5.41) is 3.96. The van der Waals surface area contributed by atoms with E-state index >= 15 is 0 Å². The van der Waals surface area contributed by atoms with Crippen molar-refractivity contribution in [1.82, 2.24) is 9.78 Å². The van der Waals surface area contributed by atoms with Crippen LogP contribution < -0.4 is 4.72 Å². The van der Waals surface area contributed by atoms with Gasteiger partial charge < -0.3 is 0 Å². The standard InChI is InChI=1S/C12H14IN3O2S/c1-8-5-4-6-9(2)11(8)15-19(17,18)10-7-14-16(3)12(10)13/h4-7,15H,1-3H3. The van der Waals surface area contributed by atoms with Gasteiger partial charge in [-0.1, -0.05) is 18.2 Å². The van der Waals surface area contributed by atoms with Gasteiger partial charge in [0, 0.05) is 7.05 Å². The Hall–Kier alpha value is -1.09. The van der Waals surface area contributed by atoms with Crippen LogP contribution in [0.1, 0.15) is 11.1 Å². The van der Waals surface area contributed by atoms with Crippen LogP contribution in [-0.2, 0) is 17.1 Å². The number of nitrogens with one attached hydrogen (secondary N) is 1. The molecule has 1 aromatic carbocycles. The quantitative estimate of drug-likeness (QED) is 0.818. The minimum Gasteiger partial charge on any atom is -0.279 e. The minimum atomic E-state index is -3.61. The van der Waals surface area contributed by atoms with Crippen LogP contribution in [0.4, 0.5) is 5.69 Å². The lowest BCUT2D eigenvalue weighted by Crippen LogP contribution is -2.15. The van der Waals surface area contributed by atoms with E-state index in [1.54, 1.807) is 7.05 Å². The number of nitrogens with zero attached hydrogens (tertiary/aromatic N) is 2. The molecular weight excluding hydrogens is 377 g/mol. The zero-order valence-corrected chi connectivity index (χ0v) is 13.8. The molecule has 0 amide bonds. The average molecular weight is 391 g/mol. The highest BCUT2D eigenvalue weighted by atomic mass is 127. The SMILES string of the molecule is Cc1cccc(C)c1NS(=O)(=O)c1cnn(C)c1I. The Morgan fingerprint density at radius 3 is 2.32 bits per heavy atom. The monoisotopic (exact) mass is 391 g/mol. The number of benzene rings is 1. The van der Waals surface area contributed by atoms with E-state index in [9.17, 15) is 8.42 Å². The third-order valence-electron chi connectivity index (χ3n) is 2.84. The third kappa shape index (κ3) is 2.76. The van der Waals surface area contributed by atoms with Crippen LogP contribution in [0.15, 0.2) is 29.3 Å². The molecule has 102 valence electrons. The minimum absolute atomic E-state index is 0.193. The van der Waals surface area contributed by atoms with E-state index in [-0.39, 0.29) is 4.90 Å². The number of hydrogen-bond acceptors (Lipinski definition) is 3. The first kappa shape index (κ1) is 14.3. The lowest BCUT2D eigenvalue weighted by atomic mass is 10.1. The summed E-state index contributed by atoms with van der Waals surface area (Å²) < 4.78 is 29.5. The van der Waals surface area contributed by atoms with Crippen LogP contribution in [0, 0.1) is 17.5 Å². The molecule has 19 heavy (non-hydrogen) atoms. The number of aromatic nitrogens is 2. The van der Waals surface area contributed by atoms with Crippen LogP contribution in [-0.4, -0.2) is 18.2 Å². The van der Waals surface area contributed by atoms with Crippen LogP contribution in [0.2, 0.25) is 0 Å². The van der Waals surface area contributed by atoms with E-state index in [1.807, 2.05) is 54.6 Å². The van der Waals surface area contributed by atoms with E-state index in [0.29, 0.717) is 9.39 Å². The number of rotatable bonds is 3. The van der Waals surface area contributed by atoms with Crippen molar-refractivity contribution < 1.29 is 8.42 Å². The topological polar surface area (TPSA) is 64.0 Å². The number of sulfonamides is 1. The van der Waals surface area contributed by atoms with Crippen molar-refractivity contribution in [1.29, 1.82) is 0 Å². The molecule has 0 spiro atoms. The maximum absolute atomic E-state index is 12.4. The number of halogens is 1.